The van der Waals surface area contributed by atoms with Crippen LogP contribution >= 0.6 is 11.3 Å². The smallest absolute Gasteiger partial charge is 0.252 e. The largest absolute Gasteiger partial charge is 0.347 e. The lowest BCUT2D eigenvalue weighted by molar-refractivity contribution is 0.0951. The maximum absolute atomic E-state index is 12.6. The molecule has 8 heteroatoms. The van der Waals surface area contributed by atoms with Crippen molar-refractivity contribution >= 4 is 27.3 Å². The van der Waals surface area contributed by atoms with Crippen molar-refractivity contribution in [3.8, 4) is 6.07 Å². The third-order valence-electron chi connectivity index (χ3n) is 4.22. The van der Waals surface area contributed by atoms with Gasteiger partial charge in [-0.3, -0.25) is 4.79 Å². The van der Waals surface area contributed by atoms with E-state index in [4.69, 9.17) is 5.26 Å². The summed E-state index contributed by atoms with van der Waals surface area (Å²) in [7, 11) is -3.44. The van der Waals surface area contributed by atoms with Gasteiger partial charge >= 0.3 is 0 Å². The van der Waals surface area contributed by atoms with Gasteiger partial charge in [-0.1, -0.05) is 12.5 Å². The summed E-state index contributed by atoms with van der Waals surface area (Å²) in [6.07, 6.45) is 2.87. The van der Waals surface area contributed by atoms with Crippen LogP contribution in [0.5, 0.6) is 0 Å². The van der Waals surface area contributed by atoms with E-state index >= 15 is 0 Å². The molecule has 0 saturated carbocycles. The number of hydrogen-bond acceptors (Lipinski definition) is 5. The lowest BCUT2D eigenvalue weighted by Crippen LogP contribution is -2.35. The third kappa shape index (κ3) is 4.12. The van der Waals surface area contributed by atoms with Gasteiger partial charge in [-0.05, 0) is 43.2 Å². The molecule has 1 amide bonds. The van der Waals surface area contributed by atoms with Crippen LogP contribution < -0.4 is 5.32 Å². The number of carbonyl (C=O) groups is 1. The standard InChI is InChI=1S/C18H19N3O3S2/c19-12-14-5-4-6-15(11-14)18(22)20-13-16-7-8-17(25-16)26(23,24)21-9-2-1-3-10-21/h4-8,11H,1-3,9-10,13H2,(H,20,22). The second-order valence-electron chi connectivity index (χ2n) is 6.06. The van der Waals surface area contributed by atoms with Crippen molar-refractivity contribution in [1.82, 2.24) is 9.62 Å². The minimum Gasteiger partial charge on any atom is -0.347 e. The van der Waals surface area contributed by atoms with Gasteiger partial charge in [-0.25, -0.2) is 8.42 Å². The summed E-state index contributed by atoms with van der Waals surface area (Å²) in [4.78, 5) is 13.0. The Morgan fingerprint density at radius 2 is 1.96 bits per heavy atom. The van der Waals surface area contributed by atoms with Gasteiger partial charge in [0.1, 0.15) is 4.21 Å². The van der Waals surface area contributed by atoms with Gasteiger partial charge in [0.15, 0.2) is 0 Å². The van der Waals surface area contributed by atoms with E-state index in [1.54, 1.807) is 30.3 Å². The maximum Gasteiger partial charge on any atom is 0.252 e. The van der Waals surface area contributed by atoms with Crippen LogP contribution in [0.2, 0.25) is 0 Å². The summed E-state index contributed by atoms with van der Waals surface area (Å²) < 4.78 is 27.2. The quantitative estimate of drug-likeness (QED) is 0.851. The summed E-state index contributed by atoms with van der Waals surface area (Å²) in [6, 6.07) is 11.8. The number of benzene rings is 1. The van der Waals surface area contributed by atoms with Gasteiger partial charge in [-0.2, -0.15) is 9.57 Å². The fraction of sp³-hybridized carbons (Fsp3) is 0.333. The zero-order valence-corrected chi connectivity index (χ0v) is 15.8. The van der Waals surface area contributed by atoms with Gasteiger partial charge in [0.25, 0.3) is 15.9 Å². The van der Waals surface area contributed by atoms with Crippen molar-refractivity contribution in [3.05, 3.63) is 52.4 Å². The Kier molecular flexibility index (Phi) is 5.71. The predicted octanol–water partition coefficient (Wildman–Crippen LogP) is 2.72. The molecule has 3 rings (SSSR count). The molecular formula is C18H19N3O3S2. The maximum atomic E-state index is 12.6. The highest BCUT2D eigenvalue weighted by Gasteiger charge is 2.27. The molecule has 6 nitrogen and oxygen atoms in total. The van der Waals surface area contributed by atoms with Crippen molar-refractivity contribution in [1.29, 1.82) is 5.26 Å². The molecule has 0 radical (unpaired) electrons. The number of piperidine rings is 1. The monoisotopic (exact) mass is 389 g/mol. The number of nitrogens with one attached hydrogen (secondary N) is 1. The van der Waals surface area contributed by atoms with E-state index in [-0.39, 0.29) is 12.5 Å². The summed E-state index contributed by atoms with van der Waals surface area (Å²) in [5.74, 6) is -0.295. The topological polar surface area (TPSA) is 90.3 Å². The molecule has 26 heavy (non-hydrogen) atoms. The zero-order chi connectivity index (χ0) is 18.6. The van der Waals surface area contributed by atoms with Crippen molar-refractivity contribution in [2.75, 3.05) is 13.1 Å². The molecule has 2 heterocycles. The number of thiophene rings is 1. The summed E-state index contributed by atoms with van der Waals surface area (Å²) in [5, 5.41) is 11.7. The average molecular weight is 390 g/mol. The van der Waals surface area contributed by atoms with Crippen molar-refractivity contribution in [3.63, 3.8) is 0 Å². The summed E-state index contributed by atoms with van der Waals surface area (Å²) >= 11 is 1.18. The Morgan fingerprint density at radius 3 is 2.69 bits per heavy atom. The Labute approximate surface area is 157 Å². The van der Waals surface area contributed by atoms with Gasteiger partial charge in [0.05, 0.1) is 18.2 Å². The van der Waals surface area contributed by atoms with Gasteiger partial charge in [0.2, 0.25) is 0 Å². The van der Waals surface area contributed by atoms with Gasteiger partial charge in [-0.15, -0.1) is 11.3 Å². The highest BCUT2D eigenvalue weighted by atomic mass is 32.2. The molecule has 0 atom stereocenters. The first-order valence-electron chi connectivity index (χ1n) is 8.38. The minimum atomic E-state index is -3.44. The third-order valence-corrected chi connectivity index (χ3v) is 7.67. The first-order chi connectivity index (χ1) is 12.5. The average Bonchev–Trinajstić information content (AvgIpc) is 3.17. The SMILES string of the molecule is N#Cc1cccc(C(=O)NCc2ccc(S(=O)(=O)N3CCCCC3)s2)c1. The van der Waals surface area contributed by atoms with Crippen molar-refractivity contribution < 1.29 is 13.2 Å². The number of nitrogens with zero attached hydrogens (tertiary/aromatic N) is 2. The highest BCUT2D eigenvalue weighted by molar-refractivity contribution is 7.91. The second-order valence-corrected chi connectivity index (χ2v) is 9.39. The normalized spacial score (nSPS) is 15.3. The van der Waals surface area contributed by atoms with Crippen molar-refractivity contribution in [2.45, 2.75) is 30.0 Å². The molecule has 1 aromatic carbocycles. The van der Waals surface area contributed by atoms with Crippen molar-refractivity contribution in [2.24, 2.45) is 0 Å². The van der Waals surface area contributed by atoms with Gasteiger partial charge in [0, 0.05) is 23.5 Å². The number of sulfonamides is 1. The molecule has 1 aliphatic heterocycles. The molecule has 1 aliphatic rings. The van der Waals surface area contributed by atoms with E-state index in [1.165, 1.54) is 21.7 Å². The van der Waals surface area contributed by atoms with Crippen LogP contribution in [0.3, 0.4) is 0 Å². The Bertz CT molecular complexity index is 939. The molecule has 0 spiro atoms. The second kappa shape index (κ2) is 7.99. The number of nitriles is 1. The number of amides is 1. The molecule has 136 valence electrons. The fourth-order valence-corrected chi connectivity index (χ4v) is 5.79. The first kappa shape index (κ1) is 18.6. The van der Waals surface area contributed by atoms with Crippen LogP contribution in [0.4, 0.5) is 0 Å². The molecule has 1 N–H and O–H groups in total. The van der Waals surface area contributed by atoms with Gasteiger partial charge < -0.3 is 5.32 Å². The fourth-order valence-electron chi connectivity index (χ4n) is 2.82. The minimum absolute atomic E-state index is 0.246. The van der Waals surface area contributed by atoms with E-state index in [1.807, 2.05) is 6.07 Å². The highest BCUT2D eigenvalue weighted by Crippen LogP contribution is 2.27. The first-order valence-corrected chi connectivity index (χ1v) is 10.6. The zero-order valence-electron chi connectivity index (χ0n) is 14.1. The lowest BCUT2D eigenvalue weighted by atomic mass is 10.1. The van der Waals surface area contributed by atoms with Crippen LogP contribution in [0, 0.1) is 11.3 Å². The Hall–Kier alpha value is -2.21. The lowest BCUT2D eigenvalue weighted by Gasteiger charge is -2.25. The molecule has 0 aliphatic carbocycles. The van der Waals surface area contributed by atoms with Crippen LogP contribution in [-0.2, 0) is 16.6 Å². The number of carbonyl (C=O) groups excluding carboxylic acids is 1. The van der Waals surface area contributed by atoms with Crippen LogP contribution in [0.1, 0.15) is 40.1 Å². The molecule has 0 unspecified atom stereocenters. The van der Waals surface area contributed by atoms with Crippen LogP contribution in [-0.4, -0.2) is 31.7 Å². The molecule has 1 aromatic heterocycles. The number of rotatable bonds is 5. The molecule has 0 bridgehead atoms. The van der Waals surface area contributed by atoms with E-state index in [0.717, 1.165) is 24.1 Å². The summed E-state index contributed by atoms with van der Waals surface area (Å²) in [6.45, 7) is 1.39. The molecule has 2 aromatic rings. The predicted molar refractivity (Wildman–Crippen MR) is 99.3 cm³/mol. The van der Waals surface area contributed by atoms with E-state index < -0.39 is 10.0 Å². The Morgan fingerprint density at radius 1 is 1.19 bits per heavy atom. The molecular weight excluding hydrogens is 370 g/mol. The van der Waals surface area contributed by atoms with E-state index in [0.29, 0.717) is 28.4 Å². The summed E-state index contributed by atoms with van der Waals surface area (Å²) in [5.41, 5.74) is 0.824. The molecule has 1 saturated heterocycles. The number of hydrogen-bond donors (Lipinski definition) is 1. The van der Waals surface area contributed by atoms with E-state index in [2.05, 4.69) is 5.32 Å². The van der Waals surface area contributed by atoms with Crippen LogP contribution in [0.15, 0.2) is 40.6 Å². The van der Waals surface area contributed by atoms with Crippen LogP contribution in [0.25, 0.3) is 0 Å². The van der Waals surface area contributed by atoms with E-state index in [9.17, 15) is 13.2 Å². The Balaban J connectivity index is 1.65. The molecule has 1 fully saturated rings.